The number of aryl methyl sites for hydroxylation is 4. The quantitative estimate of drug-likeness (QED) is 0.621. The van der Waals surface area contributed by atoms with Crippen molar-refractivity contribution in [3.63, 3.8) is 0 Å². The molecule has 1 N–H and O–H groups in total. The zero-order valence-electron chi connectivity index (χ0n) is 21.3. The van der Waals surface area contributed by atoms with E-state index in [1.165, 1.54) is 5.56 Å². The van der Waals surface area contributed by atoms with Crippen molar-refractivity contribution in [3.05, 3.63) is 68.6 Å². The first-order valence-electron chi connectivity index (χ1n) is 12.4. The van der Waals surface area contributed by atoms with E-state index in [9.17, 15) is 4.79 Å². The molecule has 3 heterocycles. The van der Waals surface area contributed by atoms with Crippen LogP contribution in [0.25, 0.3) is 11.3 Å². The number of nitrogens with one attached hydrogen (secondary N) is 1. The van der Waals surface area contributed by atoms with Crippen LogP contribution in [-0.4, -0.2) is 36.4 Å². The minimum absolute atomic E-state index is 0.0102. The number of ether oxygens (including phenoxy) is 2. The second-order valence-corrected chi connectivity index (χ2v) is 9.65. The molecule has 0 unspecified atom stereocenters. The molecule has 0 radical (unpaired) electrons. The van der Waals surface area contributed by atoms with Crippen LogP contribution in [0.4, 0.5) is 5.69 Å². The maximum atomic E-state index is 14.0. The third kappa shape index (κ3) is 4.18. The standard InChI is InChI=1S/C28H34N4O3/c1-17-12-18(2)27(19(3)13-17)30-26-16-23-22-15-25(35-5)24(34-4)14-20(22)8-11-31(23)28(33)32(26)21-6-9-29-10-7-21/h12-16,21,29H,6-11H2,1-5H3/b30-26+. The summed E-state index contributed by atoms with van der Waals surface area (Å²) in [5.74, 6) is 1.37. The molecule has 1 saturated heterocycles. The van der Waals surface area contributed by atoms with E-state index < -0.39 is 0 Å². The molecule has 0 aliphatic carbocycles. The summed E-state index contributed by atoms with van der Waals surface area (Å²) in [4.78, 5) is 19.2. The molecule has 0 amide bonds. The van der Waals surface area contributed by atoms with Gasteiger partial charge in [-0.1, -0.05) is 17.7 Å². The summed E-state index contributed by atoms with van der Waals surface area (Å²) in [5, 5.41) is 3.42. The summed E-state index contributed by atoms with van der Waals surface area (Å²) < 4.78 is 15.0. The summed E-state index contributed by atoms with van der Waals surface area (Å²) in [6.07, 6.45) is 2.59. The maximum Gasteiger partial charge on any atom is 0.330 e. The van der Waals surface area contributed by atoms with Crippen molar-refractivity contribution in [2.45, 2.75) is 52.6 Å². The zero-order chi connectivity index (χ0) is 24.7. The van der Waals surface area contributed by atoms with Crippen LogP contribution in [0.3, 0.4) is 0 Å². The first-order chi connectivity index (χ1) is 16.9. The molecule has 184 valence electrons. The number of methoxy groups -OCH3 is 2. The van der Waals surface area contributed by atoms with Gasteiger partial charge in [0.1, 0.15) is 5.49 Å². The maximum absolute atomic E-state index is 14.0. The van der Waals surface area contributed by atoms with Gasteiger partial charge in [-0.3, -0.25) is 9.13 Å². The predicted octanol–water partition coefficient (Wildman–Crippen LogP) is 3.97. The van der Waals surface area contributed by atoms with E-state index in [0.717, 1.165) is 66.0 Å². The van der Waals surface area contributed by atoms with Crippen molar-refractivity contribution < 1.29 is 9.47 Å². The molecule has 35 heavy (non-hydrogen) atoms. The van der Waals surface area contributed by atoms with Gasteiger partial charge in [0.2, 0.25) is 0 Å². The third-order valence-corrected chi connectivity index (χ3v) is 7.27. The zero-order valence-corrected chi connectivity index (χ0v) is 21.3. The Labute approximate surface area is 206 Å². The lowest BCUT2D eigenvalue weighted by molar-refractivity contribution is 0.339. The van der Waals surface area contributed by atoms with Crippen LogP contribution in [0.5, 0.6) is 11.5 Å². The van der Waals surface area contributed by atoms with Crippen molar-refractivity contribution in [1.82, 2.24) is 14.5 Å². The highest BCUT2D eigenvalue weighted by Crippen LogP contribution is 2.37. The summed E-state index contributed by atoms with van der Waals surface area (Å²) in [7, 11) is 3.29. The molecule has 5 rings (SSSR count). The predicted molar refractivity (Wildman–Crippen MR) is 138 cm³/mol. The Morgan fingerprint density at radius 3 is 2.26 bits per heavy atom. The van der Waals surface area contributed by atoms with Gasteiger partial charge in [-0.05, 0) is 81.9 Å². The molecule has 2 aliphatic rings. The second kappa shape index (κ2) is 9.38. The van der Waals surface area contributed by atoms with Crippen molar-refractivity contribution in [3.8, 4) is 22.8 Å². The van der Waals surface area contributed by atoms with Crippen LogP contribution < -0.4 is 26.0 Å². The molecule has 2 aromatic carbocycles. The Bertz CT molecular complexity index is 1390. The number of piperidine rings is 1. The molecule has 1 aromatic heterocycles. The monoisotopic (exact) mass is 474 g/mol. The van der Waals surface area contributed by atoms with Gasteiger partial charge < -0.3 is 14.8 Å². The molecule has 0 spiro atoms. The van der Waals surface area contributed by atoms with E-state index in [2.05, 4.69) is 44.3 Å². The summed E-state index contributed by atoms with van der Waals surface area (Å²) >= 11 is 0. The summed E-state index contributed by atoms with van der Waals surface area (Å²) in [6, 6.07) is 10.5. The molecule has 0 bridgehead atoms. The Hall–Kier alpha value is -3.32. The van der Waals surface area contributed by atoms with Crippen molar-refractivity contribution in [2.75, 3.05) is 27.3 Å². The van der Waals surface area contributed by atoms with E-state index >= 15 is 0 Å². The number of hydrogen-bond acceptors (Lipinski definition) is 5. The molecule has 7 heteroatoms. The van der Waals surface area contributed by atoms with Crippen LogP contribution in [0.1, 0.15) is 41.1 Å². The fourth-order valence-corrected chi connectivity index (χ4v) is 5.60. The molecule has 0 saturated carbocycles. The number of nitrogens with zero attached hydrogens (tertiary/aromatic N) is 3. The van der Waals surface area contributed by atoms with Gasteiger partial charge in [-0.15, -0.1) is 0 Å². The SMILES string of the molecule is COc1cc2c(cc1OC)-c1c/c(=N\c3c(C)cc(C)cc3C)n(C3CCNCC3)c(=O)n1CC2. The molecule has 2 aliphatic heterocycles. The van der Waals surface area contributed by atoms with E-state index in [4.69, 9.17) is 14.5 Å². The van der Waals surface area contributed by atoms with Crippen molar-refractivity contribution >= 4 is 5.69 Å². The average Bonchev–Trinajstić information content (AvgIpc) is 2.85. The Kier molecular flexibility index (Phi) is 6.28. The van der Waals surface area contributed by atoms with Crippen LogP contribution in [0.2, 0.25) is 0 Å². The van der Waals surface area contributed by atoms with Gasteiger partial charge in [0.05, 0.1) is 25.6 Å². The van der Waals surface area contributed by atoms with Crippen LogP contribution in [0.15, 0.2) is 40.1 Å². The number of rotatable bonds is 4. The number of fused-ring (bicyclic) bond motifs is 3. The lowest BCUT2D eigenvalue weighted by atomic mass is 9.96. The van der Waals surface area contributed by atoms with E-state index in [-0.39, 0.29) is 11.7 Å². The Morgan fingerprint density at radius 1 is 0.943 bits per heavy atom. The number of hydrogen-bond donors (Lipinski definition) is 1. The summed E-state index contributed by atoms with van der Waals surface area (Å²) in [5.41, 5.74) is 8.13. The highest BCUT2D eigenvalue weighted by Gasteiger charge is 2.25. The lowest BCUT2D eigenvalue weighted by Crippen LogP contribution is -2.46. The van der Waals surface area contributed by atoms with Gasteiger partial charge in [-0.2, -0.15) is 0 Å². The minimum atomic E-state index is 0.0102. The fraction of sp³-hybridized carbons (Fsp3) is 0.429. The van der Waals surface area contributed by atoms with Crippen molar-refractivity contribution in [1.29, 1.82) is 0 Å². The second-order valence-electron chi connectivity index (χ2n) is 9.65. The molecule has 3 aromatic rings. The van der Waals surface area contributed by atoms with Crippen LogP contribution >= 0.6 is 0 Å². The molecular formula is C28H34N4O3. The first-order valence-corrected chi connectivity index (χ1v) is 12.4. The number of aromatic nitrogens is 2. The van der Waals surface area contributed by atoms with Gasteiger partial charge >= 0.3 is 5.69 Å². The first kappa shape index (κ1) is 23.4. The average molecular weight is 475 g/mol. The van der Waals surface area contributed by atoms with Crippen molar-refractivity contribution in [2.24, 2.45) is 4.99 Å². The fourth-order valence-electron chi connectivity index (χ4n) is 5.60. The molecule has 0 atom stereocenters. The van der Waals surface area contributed by atoms with Crippen LogP contribution in [-0.2, 0) is 13.0 Å². The smallest absolute Gasteiger partial charge is 0.330 e. The van der Waals surface area contributed by atoms with Crippen LogP contribution in [0, 0.1) is 20.8 Å². The topological polar surface area (TPSA) is 69.8 Å². The highest BCUT2D eigenvalue weighted by atomic mass is 16.5. The lowest BCUT2D eigenvalue weighted by Gasteiger charge is -2.29. The largest absolute Gasteiger partial charge is 0.493 e. The van der Waals surface area contributed by atoms with E-state index in [1.54, 1.807) is 14.2 Å². The highest BCUT2D eigenvalue weighted by molar-refractivity contribution is 5.70. The molecule has 7 nitrogen and oxygen atoms in total. The van der Waals surface area contributed by atoms with Gasteiger partial charge in [0.15, 0.2) is 11.5 Å². The minimum Gasteiger partial charge on any atom is -0.493 e. The Balaban J connectivity index is 1.80. The third-order valence-electron chi connectivity index (χ3n) is 7.27. The molecular weight excluding hydrogens is 440 g/mol. The summed E-state index contributed by atoms with van der Waals surface area (Å²) in [6.45, 7) is 8.71. The van der Waals surface area contributed by atoms with E-state index in [1.807, 2.05) is 21.3 Å². The Morgan fingerprint density at radius 2 is 1.60 bits per heavy atom. The van der Waals surface area contributed by atoms with Gasteiger partial charge in [0, 0.05) is 24.2 Å². The van der Waals surface area contributed by atoms with Gasteiger partial charge in [-0.25, -0.2) is 9.79 Å². The number of benzene rings is 2. The normalized spacial score (nSPS) is 16.1. The molecule has 1 fully saturated rings. The van der Waals surface area contributed by atoms with E-state index in [0.29, 0.717) is 23.5 Å². The van der Waals surface area contributed by atoms with Gasteiger partial charge in [0.25, 0.3) is 0 Å².